The fraction of sp³-hybridized carbons (Fsp3) is 0.227. The van der Waals surface area contributed by atoms with Gasteiger partial charge >= 0.3 is 0 Å². The van der Waals surface area contributed by atoms with Crippen molar-refractivity contribution in [2.75, 3.05) is 36.5 Å². The van der Waals surface area contributed by atoms with Crippen LogP contribution in [0.4, 0.5) is 17.1 Å². The highest BCUT2D eigenvalue weighted by Gasteiger charge is 2.16. The number of allylic oxidation sites excluding steroid dienone is 2. The number of morpholine rings is 1. The molecule has 4 rings (SSSR count). The Bertz CT molecular complexity index is 1110. The summed E-state index contributed by atoms with van der Waals surface area (Å²) in [4.78, 5) is 22.3. The van der Waals surface area contributed by atoms with Crippen LogP contribution in [0.25, 0.3) is 11.0 Å². The number of rotatable bonds is 6. The molecule has 0 saturated carbocycles. The molecule has 1 fully saturated rings. The Labute approximate surface area is 174 Å². The fourth-order valence-corrected chi connectivity index (χ4v) is 3.46. The molecule has 1 aliphatic heterocycles. The lowest BCUT2D eigenvalue weighted by molar-refractivity contribution is 0.103. The number of benzene rings is 1. The van der Waals surface area contributed by atoms with Gasteiger partial charge in [-0.05, 0) is 43.3 Å². The van der Waals surface area contributed by atoms with E-state index in [4.69, 9.17) is 15.9 Å². The summed E-state index contributed by atoms with van der Waals surface area (Å²) >= 11 is 0. The molecule has 3 aromatic rings. The van der Waals surface area contributed by atoms with E-state index < -0.39 is 0 Å². The number of ketones is 1. The number of anilines is 3. The molecule has 0 bridgehead atoms. The largest absolute Gasteiger partial charge is 0.395 e. The van der Waals surface area contributed by atoms with Gasteiger partial charge in [-0.1, -0.05) is 0 Å². The zero-order chi connectivity index (χ0) is 21.1. The number of hydrogen-bond acceptors (Lipinski definition) is 7. The van der Waals surface area contributed by atoms with Crippen LogP contribution in [0.5, 0.6) is 0 Å². The first kappa shape index (κ1) is 19.7. The normalized spacial score (nSPS) is 14.7. The molecule has 2 aromatic heterocycles. The predicted octanol–water partition coefficient (Wildman–Crippen LogP) is 3.21. The number of H-pyrrole nitrogens is 1. The molecule has 0 radical (unpaired) electrons. The average molecular weight is 404 g/mol. The highest BCUT2D eigenvalue weighted by atomic mass is 16.5. The van der Waals surface area contributed by atoms with Gasteiger partial charge in [-0.3, -0.25) is 4.79 Å². The van der Waals surface area contributed by atoms with Gasteiger partial charge in [-0.25, -0.2) is 4.98 Å². The summed E-state index contributed by atoms with van der Waals surface area (Å²) in [5.74, 6) is -0.332. The number of carbonyl (C=O) groups is 1. The SMILES string of the molecule is CC(=N)/C=C(\N)C(=O)c1c[nH]c2ncc(Nc3ccc(N4CCOCC4)cc3)cc12. The monoisotopic (exact) mass is 404 g/mol. The predicted molar refractivity (Wildman–Crippen MR) is 119 cm³/mol. The number of nitrogens with zero attached hydrogens (tertiary/aromatic N) is 2. The minimum absolute atomic E-state index is 0.0282. The smallest absolute Gasteiger partial charge is 0.210 e. The second-order valence-corrected chi connectivity index (χ2v) is 7.21. The van der Waals surface area contributed by atoms with Crippen LogP contribution in [0.1, 0.15) is 17.3 Å². The fourth-order valence-electron chi connectivity index (χ4n) is 3.46. The van der Waals surface area contributed by atoms with Crippen molar-refractivity contribution in [1.29, 1.82) is 5.41 Å². The first-order chi connectivity index (χ1) is 14.5. The quantitative estimate of drug-likeness (QED) is 0.284. The van der Waals surface area contributed by atoms with Gasteiger partial charge in [-0.15, -0.1) is 0 Å². The molecule has 0 atom stereocenters. The topological polar surface area (TPSA) is 120 Å². The van der Waals surface area contributed by atoms with E-state index >= 15 is 0 Å². The third kappa shape index (κ3) is 4.18. The molecule has 1 aliphatic rings. The minimum atomic E-state index is -0.332. The van der Waals surface area contributed by atoms with Crippen molar-refractivity contribution >= 4 is 39.6 Å². The lowest BCUT2D eigenvalue weighted by atomic mass is 10.1. The van der Waals surface area contributed by atoms with E-state index in [0.717, 1.165) is 37.7 Å². The molecule has 0 amide bonds. The summed E-state index contributed by atoms with van der Waals surface area (Å²) in [6, 6.07) is 10.1. The maximum absolute atomic E-state index is 12.6. The molecule has 8 nitrogen and oxygen atoms in total. The second-order valence-electron chi connectivity index (χ2n) is 7.21. The molecule has 8 heteroatoms. The third-order valence-electron chi connectivity index (χ3n) is 4.94. The van der Waals surface area contributed by atoms with Crippen molar-refractivity contribution in [3.8, 4) is 0 Å². The van der Waals surface area contributed by atoms with Crippen LogP contribution in [0.15, 0.2) is 54.5 Å². The highest BCUT2D eigenvalue weighted by molar-refractivity contribution is 6.17. The van der Waals surface area contributed by atoms with Gasteiger partial charge in [0.25, 0.3) is 0 Å². The summed E-state index contributed by atoms with van der Waals surface area (Å²) in [7, 11) is 0. The maximum Gasteiger partial charge on any atom is 0.210 e. The van der Waals surface area contributed by atoms with E-state index in [1.165, 1.54) is 11.8 Å². The highest BCUT2D eigenvalue weighted by Crippen LogP contribution is 2.25. The number of nitrogens with one attached hydrogen (secondary N) is 3. The van der Waals surface area contributed by atoms with Gasteiger partial charge in [0.05, 0.1) is 36.4 Å². The summed E-state index contributed by atoms with van der Waals surface area (Å²) < 4.78 is 5.40. The third-order valence-corrected chi connectivity index (χ3v) is 4.94. The van der Waals surface area contributed by atoms with Crippen molar-refractivity contribution in [2.24, 2.45) is 5.73 Å². The van der Waals surface area contributed by atoms with Crippen LogP contribution in [0.3, 0.4) is 0 Å². The molecular weight excluding hydrogens is 380 g/mol. The molecule has 0 spiro atoms. The number of fused-ring (bicyclic) bond motifs is 1. The van der Waals surface area contributed by atoms with Crippen LogP contribution in [0.2, 0.25) is 0 Å². The number of Topliss-reactive ketones (excluding diaryl/α,β-unsaturated/α-hetero) is 1. The molecule has 30 heavy (non-hydrogen) atoms. The average Bonchev–Trinajstić information content (AvgIpc) is 3.17. The minimum Gasteiger partial charge on any atom is -0.395 e. The lowest BCUT2D eigenvalue weighted by Crippen LogP contribution is -2.36. The molecule has 1 aromatic carbocycles. The molecule has 5 N–H and O–H groups in total. The number of carbonyl (C=O) groups excluding carboxylic acids is 1. The Kier molecular flexibility index (Phi) is 5.49. The van der Waals surface area contributed by atoms with Gasteiger partial charge in [0, 0.05) is 41.8 Å². The molecule has 154 valence electrons. The van der Waals surface area contributed by atoms with Gasteiger partial charge in [0.15, 0.2) is 0 Å². The van der Waals surface area contributed by atoms with Gasteiger partial charge in [-0.2, -0.15) is 0 Å². The summed E-state index contributed by atoms with van der Waals surface area (Å²) in [5.41, 5.74) is 9.99. The zero-order valence-electron chi connectivity index (χ0n) is 16.7. The van der Waals surface area contributed by atoms with Crippen LogP contribution >= 0.6 is 0 Å². The van der Waals surface area contributed by atoms with Crippen molar-refractivity contribution in [3.05, 3.63) is 60.1 Å². The van der Waals surface area contributed by atoms with Gasteiger partial charge in [0.2, 0.25) is 5.78 Å². The Balaban J connectivity index is 1.55. The first-order valence-electron chi connectivity index (χ1n) is 9.75. The molecule has 0 unspecified atom stereocenters. The van der Waals surface area contributed by atoms with E-state index in [2.05, 4.69) is 32.3 Å². The number of ether oxygens (including phenoxy) is 1. The summed E-state index contributed by atoms with van der Waals surface area (Å²) in [5, 5.41) is 11.5. The van der Waals surface area contributed by atoms with Crippen LogP contribution in [-0.2, 0) is 4.74 Å². The van der Waals surface area contributed by atoms with Crippen molar-refractivity contribution in [2.45, 2.75) is 6.92 Å². The molecule has 3 heterocycles. The Morgan fingerprint density at radius 3 is 2.70 bits per heavy atom. The summed E-state index contributed by atoms with van der Waals surface area (Å²) in [6.45, 7) is 4.87. The standard InChI is InChI=1S/C22H24N6O2/c1-14(23)10-20(24)21(29)19-13-26-22-18(19)11-16(12-25-22)27-15-2-4-17(5-3-15)28-6-8-30-9-7-28/h2-5,10-13,23,27H,6-9,24H2,1H3,(H,25,26)/b20-10-,23-14?. The number of pyridine rings is 1. The van der Waals surface area contributed by atoms with Crippen molar-refractivity contribution < 1.29 is 9.53 Å². The Morgan fingerprint density at radius 2 is 2.00 bits per heavy atom. The first-order valence-corrected chi connectivity index (χ1v) is 9.75. The van der Waals surface area contributed by atoms with Crippen LogP contribution in [0, 0.1) is 5.41 Å². The van der Waals surface area contributed by atoms with Gasteiger partial charge < -0.3 is 31.1 Å². The Morgan fingerprint density at radius 1 is 1.27 bits per heavy atom. The van der Waals surface area contributed by atoms with E-state index in [9.17, 15) is 4.79 Å². The van der Waals surface area contributed by atoms with E-state index in [1.54, 1.807) is 19.3 Å². The zero-order valence-corrected chi connectivity index (χ0v) is 16.7. The molecule has 1 saturated heterocycles. The van der Waals surface area contributed by atoms with E-state index in [1.807, 2.05) is 18.2 Å². The second kappa shape index (κ2) is 8.38. The van der Waals surface area contributed by atoms with Crippen LogP contribution in [-0.4, -0.2) is 47.8 Å². The molecular formula is C22H24N6O2. The Hall–Kier alpha value is -3.65. The number of aromatic amines is 1. The van der Waals surface area contributed by atoms with E-state index in [0.29, 0.717) is 16.6 Å². The lowest BCUT2D eigenvalue weighted by Gasteiger charge is -2.28. The maximum atomic E-state index is 12.6. The van der Waals surface area contributed by atoms with Gasteiger partial charge in [0.1, 0.15) is 5.65 Å². The summed E-state index contributed by atoms with van der Waals surface area (Å²) in [6.07, 6.45) is 4.66. The van der Waals surface area contributed by atoms with Crippen molar-refractivity contribution in [3.63, 3.8) is 0 Å². The molecule has 0 aliphatic carbocycles. The number of nitrogens with two attached hydrogens (primary N) is 1. The number of hydrogen-bond donors (Lipinski definition) is 4. The van der Waals surface area contributed by atoms with Crippen LogP contribution < -0.4 is 16.0 Å². The van der Waals surface area contributed by atoms with E-state index in [-0.39, 0.29) is 17.2 Å². The van der Waals surface area contributed by atoms with Crippen molar-refractivity contribution in [1.82, 2.24) is 9.97 Å². The number of aromatic nitrogens is 2.